The number of aliphatic hydroxyl groups excluding tert-OH is 1. The molecule has 5 nitrogen and oxygen atoms in total. The van der Waals surface area contributed by atoms with Gasteiger partial charge in [0.2, 0.25) is 0 Å². The number of aromatic nitrogens is 1. The van der Waals surface area contributed by atoms with E-state index in [1.165, 1.54) is 0 Å². The summed E-state index contributed by atoms with van der Waals surface area (Å²) in [7, 11) is 4.24. The molecule has 0 unspecified atom stereocenters. The molecule has 2 rings (SSSR count). The van der Waals surface area contributed by atoms with Crippen LogP contribution in [0.3, 0.4) is 0 Å². The lowest BCUT2D eigenvalue weighted by Gasteiger charge is -2.36. The summed E-state index contributed by atoms with van der Waals surface area (Å²) in [5, 5.41) is 9.39. The van der Waals surface area contributed by atoms with Gasteiger partial charge in [0.05, 0.1) is 6.61 Å². The molecule has 0 amide bonds. The zero-order chi connectivity index (χ0) is 15.2. The van der Waals surface area contributed by atoms with E-state index in [2.05, 4.69) is 35.7 Å². The third-order valence-corrected chi connectivity index (χ3v) is 4.03. The molecule has 0 radical (unpaired) electrons. The molecule has 1 aliphatic heterocycles. The summed E-state index contributed by atoms with van der Waals surface area (Å²) in [6.07, 6.45) is 0.906. The van der Waals surface area contributed by atoms with Crippen LogP contribution in [0.1, 0.15) is 18.2 Å². The van der Waals surface area contributed by atoms with Gasteiger partial charge in [-0.05, 0) is 38.2 Å². The molecule has 1 fully saturated rings. The number of pyridine rings is 1. The molecule has 1 N–H and O–H groups in total. The number of rotatable bonds is 6. The molecule has 0 aliphatic carbocycles. The number of piperazine rings is 1. The van der Waals surface area contributed by atoms with E-state index in [1.807, 2.05) is 12.1 Å². The van der Waals surface area contributed by atoms with Crippen LogP contribution in [-0.2, 0) is 13.0 Å². The van der Waals surface area contributed by atoms with Crippen LogP contribution >= 0.6 is 0 Å². The lowest BCUT2D eigenvalue weighted by atomic mass is 10.2. The van der Waals surface area contributed by atoms with Crippen molar-refractivity contribution in [3.05, 3.63) is 23.4 Å². The highest BCUT2D eigenvalue weighted by molar-refractivity contribution is 5.43. The zero-order valence-electron chi connectivity index (χ0n) is 13.5. The van der Waals surface area contributed by atoms with E-state index in [1.54, 1.807) is 0 Å². The maximum absolute atomic E-state index is 9.39. The number of aryl methyl sites for hydroxylation is 1. The number of aliphatic hydroxyl groups is 1. The van der Waals surface area contributed by atoms with Crippen LogP contribution < -0.4 is 4.90 Å². The lowest BCUT2D eigenvalue weighted by molar-refractivity contribution is 0.229. The lowest BCUT2D eigenvalue weighted by Crippen LogP contribution is -2.48. The molecule has 0 atom stereocenters. The summed E-state index contributed by atoms with van der Waals surface area (Å²) in [4.78, 5) is 11.8. The van der Waals surface area contributed by atoms with Crippen LogP contribution in [0.4, 0.5) is 5.82 Å². The average Bonchev–Trinajstić information content (AvgIpc) is 2.52. The van der Waals surface area contributed by atoms with Gasteiger partial charge in [-0.3, -0.25) is 4.90 Å². The van der Waals surface area contributed by atoms with Gasteiger partial charge in [-0.25, -0.2) is 4.98 Å². The third kappa shape index (κ3) is 4.66. The summed E-state index contributed by atoms with van der Waals surface area (Å²) in [5.41, 5.74) is 2.03. The van der Waals surface area contributed by atoms with Crippen molar-refractivity contribution in [3.63, 3.8) is 0 Å². The molecule has 21 heavy (non-hydrogen) atoms. The number of likely N-dealkylation sites (N-methyl/N-ethyl adjacent to an activating group) is 1. The molecule has 5 heteroatoms. The van der Waals surface area contributed by atoms with Gasteiger partial charge in [0, 0.05) is 45.0 Å². The molecule has 118 valence electrons. The Kier molecular flexibility index (Phi) is 5.96. The fraction of sp³-hybridized carbons (Fsp3) is 0.688. The average molecular weight is 292 g/mol. The minimum absolute atomic E-state index is 0.0886. The van der Waals surface area contributed by atoms with E-state index >= 15 is 0 Å². The first-order valence-electron chi connectivity index (χ1n) is 7.85. The Morgan fingerprint density at radius 1 is 1.19 bits per heavy atom. The maximum atomic E-state index is 9.39. The highest BCUT2D eigenvalue weighted by atomic mass is 16.3. The first kappa shape index (κ1) is 16.2. The van der Waals surface area contributed by atoms with Crippen molar-refractivity contribution in [2.45, 2.75) is 20.0 Å². The summed E-state index contributed by atoms with van der Waals surface area (Å²) >= 11 is 0. The van der Waals surface area contributed by atoms with Gasteiger partial charge in [0.15, 0.2) is 0 Å². The highest BCUT2D eigenvalue weighted by Crippen LogP contribution is 2.17. The quantitative estimate of drug-likeness (QED) is 0.841. The fourth-order valence-corrected chi connectivity index (χ4v) is 2.61. The van der Waals surface area contributed by atoms with E-state index in [0.717, 1.165) is 62.8 Å². The molecule has 0 spiro atoms. The molecule has 1 aliphatic rings. The first-order valence-corrected chi connectivity index (χ1v) is 7.85. The molecule has 1 saturated heterocycles. The Bertz CT molecular complexity index is 420. The van der Waals surface area contributed by atoms with Crippen LogP contribution in [0, 0.1) is 0 Å². The molecule has 0 saturated carbocycles. The van der Waals surface area contributed by atoms with Crippen LogP contribution in [0.25, 0.3) is 0 Å². The van der Waals surface area contributed by atoms with Crippen molar-refractivity contribution in [2.75, 3.05) is 58.3 Å². The molecular formula is C16H28N4O. The van der Waals surface area contributed by atoms with E-state index in [9.17, 15) is 5.11 Å². The van der Waals surface area contributed by atoms with Crippen LogP contribution in [0.5, 0.6) is 0 Å². The first-order chi connectivity index (χ1) is 10.1. The molecule has 1 aromatic heterocycles. The molecule has 0 aromatic carbocycles. The summed E-state index contributed by atoms with van der Waals surface area (Å²) < 4.78 is 0. The van der Waals surface area contributed by atoms with Gasteiger partial charge >= 0.3 is 0 Å². The summed E-state index contributed by atoms with van der Waals surface area (Å²) in [5.74, 6) is 1.02. The normalized spacial score (nSPS) is 16.7. The summed E-state index contributed by atoms with van der Waals surface area (Å²) in [6, 6.07) is 4.02. The van der Waals surface area contributed by atoms with Crippen molar-refractivity contribution >= 4 is 5.82 Å². The summed E-state index contributed by atoms with van der Waals surface area (Å²) in [6.45, 7) is 8.62. The molecule has 1 aromatic rings. The van der Waals surface area contributed by atoms with Crippen molar-refractivity contribution in [1.82, 2.24) is 14.8 Å². The minimum Gasteiger partial charge on any atom is -0.392 e. The fourth-order valence-electron chi connectivity index (χ4n) is 2.61. The van der Waals surface area contributed by atoms with Crippen molar-refractivity contribution in [3.8, 4) is 0 Å². The number of nitrogens with zero attached hydrogens (tertiary/aromatic N) is 4. The SMILES string of the molecule is CCc1cc(CO)cc(N2CCN(CCN(C)C)CC2)n1. The van der Waals surface area contributed by atoms with Gasteiger partial charge < -0.3 is 14.9 Å². The van der Waals surface area contributed by atoms with E-state index in [-0.39, 0.29) is 6.61 Å². The Morgan fingerprint density at radius 3 is 2.48 bits per heavy atom. The molecule has 2 heterocycles. The molecule has 0 bridgehead atoms. The van der Waals surface area contributed by atoms with Gasteiger partial charge in [-0.1, -0.05) is 6.92 Å². The Balaban J connectivity index is 1.95. The second-order valence-electron chi connectivity index (χ2n) is 5.97. The zero-order valence-corrected chi connectivity index (χ0v) is 13.5. The van der Waals surface area contributed by atoms with Crippen molar-refractivity contribution in [2.24, 2.45) is 0 Å². The van der Waals surface area contributed by atoms with Gasteiger partial charge in [-0.15, -0.1) is 0 Å². The second-order valence-corrected chi connectivity index (χ2v) is 5.97. The van der Waals surface area contributed by atoms with E-state index in [4.69, 9.17) is 4.98 Å². The topological polar surface area (TPSA) is 42.8 Å². The van der Waals surface area contributed by atoms with Crippen molar-refractivity contribution < 1.29 is 5.11 Å². The number of hydrogen-bond donors (Lipinski definition) is 1. The molecular weight excluding hydrogens is 264 g/mol. The van der Waals surface area contributed by atoms with E-state index < -0.39 is 0 Å². The number of hydrogen-bond acceptors (Lipinski definition) is 5. The largest absolute Gasteiger partial charge is 0.392 e. The van der Waals surface area contributed by atoms with Crippen LogP contribution in [0.15, 0.2) is 12.1 Å². The predicted molar refractivity (Wildman–Crippen MR) is 86.7 cm³/mol. The minimum atomic E-state index is 0.0886. The van der Waals surface area contributed by atoms with Gasteiger partial charge in [0.1, 0.15) is 5.82 Å². The highest BCUT2D eigenvalue weighted by Gasteiger charge is 2.18. The smallest absolute Gasteiger partial charge is 0.129 e. The van der Waals surface area contributed by atoms with Gasteiger partial charge in [0.25, 0.3) is 0 Å². The van der Waals surface area contributed by atoms with Gasteiger partial charge in [-0.2, -0.15) is 0 Å². The van der Waals surface area contributed by atoms with Crippen LogP contribution in [-0.4, -0.2) is 73.3 Å². The Hall–Kier alpha value is -1.17. The number of anilines is 1. The predicted octanol–water partition coefficient (Wildman–Crippen LogP) is 0.820. The van der Waals surface area contributed by atoms with Crippen molar-refractivity contribution in [1.29, 1.82) is 0 Å². The Morgan fingerprint density at radius 2 is 1.90 bits per heavy atom. The Labute approximate surface area is 128 Å². The third-order valence-electron chi connectivity index (χ3n) is 4.03. The van der Waals surface area contributed by atoms with E-state index in [0.29, 0.717) is 0 Å². The standard InChI is InChI=1S/C16H28N4O/c1-4-15-11-14(13-21)12-16(17-15)20-9-7-19(8-10-20)6-5-18(2)3/h11-12,21H,4-10,13H2,1-3H3. The monoisotopic (exact) mass is 292 g/mol. The second kappa shape index (κ2) is 7.73. The maximum Gasteiger partial charge on any atom is 0.129 e. The van der Waals surface area contributed by atoms with Crippen LogP contribution in [0.2, 0.25) is 0 Å².